The van der Waals surface area contributed by atoms with Gasteiger partial charge in [0, 0.05) is 30.6 Å². The first-order valence-electron chi connectivity index (χ1n) is 7.96. The monoisotopic (exact) mass is 300 g/mol. The number of anilines is 1. The van der Waals surface area contributed by atoms with Crippen molar-refractivity contribution in [3.8, 4) is 5.75 Å². The second-order valence-corrected chi connectivity index (χ2v) is 6.15. The van der Waals surface area contributed by atoms with Crippen molar-refractivity contribution < 1.29 is 4.74 Å². The molecule has 118 valence electrons. The van der Waals surface area contributed by atoms with Crippen molar-refractivity contribution in [2.75, 3.05) is 25.5 Å². The number of nitrogens with zero attached hydrogens (tertiary/aromatic N) is 3. The van der Waals surface area contributed by atoms with Crippen molar-refractivity contribution in [1.29, 1.82) is 0 Å². The average Bonchev–Trinajstić information content (AvgIpc) is 2.55. The van der Waals surface area contributed by atoms with Gasteiger partial charge in [0.05, 0.1) is 12.6 Å². The van der Waals surface area contributed by atoms with Gasteiger partial charge in [-0.1, -0.05) is 0 Å². The maximum absolute atomic E-state index is 5.32. The lowest BCUT2D eigenvalue weighted by Crippen LogP contribution is -2.42. The Bertz CT molecular complexity index is 636. The van der Waals surface area contributed by atoms with Crippen LogP contribution in [0, 0.1) is 0 Å². The first kappa shape index (κ1) is 15.0. The van der Waals surface area contributed by atoms with Gasteiger partial charge in [0.1, 0.15) is 17.9 Å². The number of benzene rings is 1. The summed E-state index contributed by atoms with van der Waals surface area (Å²) in [7, 11) is 1.68. The second kappa shape index (κ2) is 6.48. The van der Waals surface area contributed by atoms with Gasteiger partial charge >= 0.3 is 0 Å². The summed E-state index contributed by atoms with van der Waals surface area (Å²) in [6, 6.07) is 7.01. The van der Waals surface area contributed by atoms with E-state index in [0.29, 0.717) is 12.1 Å². The zero-order chi connectivity index (χ0) is 15.5. The van der Waals surface area contributed by atoms with Crippen LogP contribution in [0.1, 0.15) is 26.7 Å². The molecular formula is C17H24N4O. The van der Waals surface area contributed by atoms with E-state index in [9.17, 15) is 0 Å². The summed E-state index contributed by atoms with van der Waals surface area (Å²) in [5, 5.41) is 4.62. The van der Waals surface area contributed by atoms with Gasteiger partial charge in [-0.15, -0.1) is 0 Å². The fraction of sp³-hybridized carbons (Fsp3) is 0.529. The molecule has 1 fully saturated rings. The molecule has 1 aliphatic rings. The van der Waals surface area contributed by atoms with E-state index >= 15 is 0 Å². The van der Waals surface area contributed by atoms with Crippen LogP contribution in [0.3, 0.4) is 0 Å². The lowest BCUT2D eigenvalue weighted by atomic mass is 10.0. The first-order valence-corrected chi connectivity index (χ1v) is 7.96. The predicted octanol–water partition coefficient (Wildman–Crippen LogP) is 2.92. The van der Waals surface area contributed by atoms with Gasteiger partial charge in [0.15, 0.2) is 0 Å². The number of methoxy groups -OCH3 is 1. The molecule has 0 radical (unpaired) electrons. The summed E-state index contributed by atoms with van der Waals surface area (Å²) in [6.45, 7) is 6.80. The molecule has 0 bridgehead atoms. The standard InChI is InChI=1S/C17H24N4O/c1-12(2)21-8-6-13(7-9-21)20-17-15-10-14(22-3)4-5-16(15)18-11-19-17/h4-5,10-13H,6-9H2,1-3H3,(H,18,19,20). The lowest BCUT2D eigenvalue weighted by Gasteiger charge is -2.35. The van der Waals surface area contributed by atoms with Crippen molar-refractivity contribution in [2.45, 2.75) is 38.8 Å². The molecule has 22 heavy (non-hydrogen) atoms. The first-order chi connectivity index (χ1) is 10.7. The minimum atomic E-state index is 0.472. The number of hydrogen-bond acceptors (Lipinski definition) is 5. The summed E-state index contributed by atoms with van der Waals surface area (Å²) in [6.07, 6.45) is 3.92. The number of fused-ring (bicyclic) bond motifs is 1. The molecule has 0 aliphatic carbocycles. The van der Waals surface area contributed by atoms with Crippen LogP contribution in [0.5, 0.6) is 5.75 Å². The Morgan fingerprint density at radius 1 is 1.23 bits per heavy atom. The van der Waals surface area contributed by atoms with Gasteiger partial charge < -0.3 is 15.0 Å². The third-order valence-electron chi connectivity index (χ3n) is 4.44. The van der Waals surface area contributed by atoms with Gasteiger partial charge in [0.2, 0.25) is 0 Å². The number of hydrogen-bond donors (Lipinski definition) is 1. The van der Waals surface area contributed by atoms with Gasteiger partial charge in [-0.05, 0) is 44.9 Å². The summed E-state index contributed by atoms with van der Waals surface area (Å²) in [4.78, 5) is 11.3. The summed E-state index contributed by atoms with van der Waals surface area (Å²) >= 11 is 0. The highest BCUT2D eigenvalue weighted by Crippen LogP contribution is 2.26. The fourth-order valence-electron chi connectivity index (χ4n) is 3.03. The highest BCUT2D eigenvalue weighted by molar-refractivity contribution is 5.90. The van der Waals surface area contributed by atoms with E-state index in [1.54, 1.807) is 13.4 Å². The van der Waals surface area contributed by atoms with Crippen molar-refractivity contribution in [2.24, 2.45) is 0 Å². The molecule has 2 heterocycles. The van der Waals surface area contributed by atoms with Crippen molar-refractivity contribution in [3.05, 3.63) is 24.5 Å². The van der Waals surface area contributed by atoms with E-state index < -0.39 is 0 Å². The summed E-state index contributed by atoms with van der Waals surface area (Å²) in [5.41, 5.74) is 0.943. The third-order valence-corrected chi connectivity index (χ3v) is 4.44. The van der Waals surface area contributed by atoms with E-state index in [4.69, 9.17) is 4.74 Å². The van der Waals surface area contributed by atoms with Crippen LogP contribution in [0.4, 0.5) is 5.82 Å². The maximum atomic E-state index is 5.32. The molecule has 1 aliphatic heterocycles. The highest BCUT2D eigenvalue weighted by atomic mass is 16.5. The molecule has 2 aromatic rings. The maximum Gasteiger partial charge on any atom is 0.137 e. The fourth-order valence-corrected chi connectivity index (χ4v) is 3.03. The van der Waals surface area contributed by atoms with Crippen molar-refractivity contribution >= 4 is 16.7 Å². The van der Waals surface area contributed by atoms with E-state index in [0.717, 1.165) is 48.4 Å². The van der Waals surface area contributed by atoms with Gasteiger partial charge in [-0.3, -0.25) is 0 Å². The Hall–Kier alpha value is -1.88. The number of rotatable bonds is 4. The third kappa shape index (κ3) is 3.14. The van der Waals surface area contributed by atoms with Crippen LogP contribution in [-0.2, 0) is 0 Å². The number of piperidine rings is 1. The predicted molar refractivity (Wildman–Crippen MR) is 89.4 cm³/mol. The smallest absolute Gasteiger partial charge is 0.137 e. The quantitative estimate of drug-likeness (QED) is 0.941. The van der Waals surface area contributed by atoms with Crippen LogP contribution in [0.2, 0.25) is 0 Å². The summed E-state index contributed by atoms with van der Waals surface area (Å²) < 4.78 is 5.32. The van der Waals surface area contributed by atoms with E-state index in [-0.39, 0.29) is 0 Å². The van der Waals surface area contributed by atoms with E-state index in [1.165, 1.54) is 0 Å². The van der Waals surface area contributed by atoms with Crippen LogP contribution >= 0.6 is 0 Å². The van der Waals surface area contributed by atoms with Gasteiger partial charge in [-0.2, -0.15) is 0 Å². The Labute approximate surface area is 131 Å². The molecule has 1 aromatic carbocycles. The van der Waals surface area contributed by atoms with Crippen LogP contribution in [0.15, 0.2) is 24.5 Å². The normalized spacial score (nSPS) is 17.1. The van der Waals surface area contributed by atoms with Crippen molar-refractivity contribution in [1.82, 2.24) is 14.9 Å². The number of likely N-dealkylation sites (tertiary alicyclic amines) is 1. The van der Waals surface area contributed by atoms with E-state index in [1.807, 2.05) is 18.2 Å². The molecule has 5 heteroatoms. The molecule has 1 saturated heterocycles. The topological polar surface area (TPSA) is 50.3 Å². The molecule has 3 rings (SSSR count). The minimum absolute atomic E-state index is 0.472. The number of nitrogens with one attached hydrogen (secondary N) is 1. The van der Waals surface area contributed by atoms with Crippen LogP contribution in [0.25, 0.3) is 10.9 Å². The molecule has 0 unspecified atom stereocenters. The Kier molecular flexibility index (Phi) is 4.43. The average molecular weight is 300 g/mol. The molecule has 0 amide bonds. The zero-order valence-corrected chi connectivity index (χ0v) is 13.5. The second-order valence-electron chi connectivity index (χ2n) is 6.15. The van der Waals surface area contributed by atoms with Gasteiger partial charge in [0.25, 0.3) is 0 Å². The molecule has 0 atom stereocenters. The van der Waals surface area contributed by atoms with Crippen LogP contribution < -0.4 is 10.1 Å². The largest absolute Gasteiger partial charge is 0.497 e. The zero-order valence-electron chi connectivity index (χ0n) is 13.5. The Balaban J connectivity index is 1.77. The lowest BCUT2D eigenvalue weighted by molar-refractivity contribution is 0.177. The molecule has 0 saturated carbocycles. The van der Waals surface area contributed by atoms with E-state index in [2.05, 4.69) is 34.0 Å². The minimum Gasteiger partial charge on any atom is -0.497 e. The molecule has 0 spiro atoms. The Morgan fingerprint density at radius 2 is 2.00 bits per heavy atom. The van der Waals surface area contributed by atoms with Crippen LogP contribution in [-0.4, -0.2) is 47.2 Å². The Morgan fingerprint density at radius 3 is 2.68 bits per heavy atom. The van der Waals surface area contributed by atoms with Crippen molar-refractivity contribution in [3.63, 3.8) is 0 Å². The molecular weight excluding hydrogens is 276 g/mol. The number of ether oxygens (including phenoxy) is 1. The molecule has 5 nitrogen and oxygen atoms in total. The van der Waals surface area contributed by atoms with Gasteiger partial charge in [-0.25, -0.2) is 9.97 Å². The molecule has 1 N–H and O–H groups in total. The summed E-state index contributed by atoms with van der Waals surface area (Å²) in [5.74, 6) is 1.74. The highest BCUT2D eigenvalue weighted by Gasteiger charge is 2.21. The number of aromatic nitrogens is 2. The SMILES string of the molecule is COc1ccc2ncnc(NC3CCN(C(C)C)CC3)c2c1. The molecule has 1 aromatic heterocycles.